The third kappa shape index (κ3) is 4.33. The lowest BCUT2D eigenvalue weighted by Gasteiger charge is -2.37. The summed E-state index contributed by atoms with van der Waals surface area (Å²) >= 11 is 7.00. The summed E-state index contributed by atoms with van der Waals surface area (Å²) in [5.74, 6) is 0. The number of nitro benzene ring substituents is 1. The Morgan fingerprint density at radius 2 is 1.25 bits per heavy atom. The first-order valence-electron chi connectivity index (χ1n) is 12.6. The van der Waals surface area contributed by atoms with E-state index < -0.39 is 9.28 Å². The van der Waals surface area contributed by atoms with Gasteiger partial charge in [0.25, 0.3) is 5.69 Å². The summed E-state index contributed by atoms with van der Waals surface area (Å²) in [6.07, 6.45) is 3.45. The average Bonchev–Trinajstić information content (AvgIpc) is 3.38. The zero-order valence-corrected chi connectivity index (χ0v) is 24.2. The van der Waals surface area contributed by atoms with E-state index in [1.807, 2.05) is 77.5 Å². The Morgan fingerprint density at radius 1 is 0.750 bits per heavy atom. The lowest BCUT2D eigenvalue weighted by atomic mass is 9.77. The van der Waals surface area contributed by atoms with Crippen molar-refractivity contribution in [3.63, 3.8) is 0 Å². The summed E-state index contributed by atoms with van der Waals surface area (Å²) in [5.41, 5.74) is 4.71. The summed E-state index contributed by atoms with van der Waals surface area (Å²) in [5, 5.41) is 18.4. The van der Waals surface area contributed by atoms with E-state index in [4.69, 9.17) is 5.10 Å². The van der Waals surface area contributed by atoms with Crippen molar-refractivity contribution >= 4 is 48.5 Å². The molecule has 6 nitrogen and oxygen atoms in total. The largest absolute Gasteiger partial charge is 0.276 e. The minimum Gasteiger partial charge on any atom is -0.265 e. The van der Waals surface area contributed by atoms with Gasteiger partial charge in [-0.05, 0) is 34.9 Å². The van der Waals surface area contributed by atoms with Crippen LogP contribution in [0, 0.1) is 10.1 Å². The van der Waals surface area contributed by atoms with E-state index >= 15 is 0 Å². The number of nitrogens with zero attached hydrogens (tertiary/aromatic N) is 4. The van der Waals surface area contributed by atoms with Crippen LogP contribution in [0.5, 0.6) is 0 Å². The van der Waals surface area contributed by atoms with Gasteiger partial charge in [-0.1, -0.05) is 123 Å². The van der Waals surface area contributed by atoms with Crippen molar-refractivity contribution in [3.05, 3.63) is 160 Å². The van der Waals surface area contributed by atoms with E-state index in [0.717, 1.165) is 27.6 Å². The highest BCUT2D eigenvalue weighted by Gasteiger charge is 2.41. The van der Waals surface area contributed by atoms with Gasteiger partial charge in [0.1, 0.15) is 15.0 Å². The van der Waals surface area contributed by atoms with Crippen LogP contribution in [0.4, 0.5) is 5.69 Å². The Hall–Kier alpha value is -4.14. The van der Waals surface area contributed by atoms with Gasteiger partial charge in [-0.2, -0.15) is 5.10 Å². The van der Waals surface area contributed by atoms with Crippen LogP contribution in [0.15, 0.2) is 128 Å². The van der Waals surface area contributed by atoms with Crippen LogP contribution in [0.3, 0.4) is 0 Å². The minimum absolute atomic E-state index is 0.00300. The third-order valence-electron chi connectivity index (χ3n) is 7.11. The number of hydrogen-bond donors (Lipinski definition) is 0. The number of fused-ring (bicyclic) bond motifs is 1. The van der Waals surface area contributed by atoms with Gasteiger partial charge in [-0.15, -0.1) is 0 Å². The molecule has 196 valence electrons. The molecule has 0 amide bonds. The van der Waals surface area contributed by atoms with Crippen molar-refractivity contribution < 1.29 is 4.92 Å². The number of nitro groups is 1. The van der Waals surface area contributed by atoms with Crippen LogP contribution in [0.2, 0.25) is 0 Å². The molecule has 0 aliphatic heterocycles. The molecule has 6 aromatic rings. The van der Waals surface area contributed by atoms with E-state index in [9.17, 15) is 10.1 Å². The van der Waals surface area contributed by atoms with Crippen LogP contribution in [-0.2, 0) is 5.54 Å². The smallest absolute Gasteiger partial charge is 0.265 e. The molecule has 0 aliphatic carbocycles. The number of pyridine rings is 1. The number of aromatic nitrogens is 3. The molecule has 0 saturated carbocycles. The first kappa shape index (κ1) is 26.1. The van der Waals surface area contributed by atoms with Crippen LogP contribution >= 0.6 is 31.9 Å². The molecule has 0 fully saturated rings. The molecule has 0 N–H and O–H groups in total. The fraction of sp³-hybridized carbons (Fsp3) is 0.0625. The molecule has 0 bridgehead atoms. The Kier molecular flexibility index (Phi) is 7.04. The molecule has 0 saturated heterocycles. The predicted molar refractivity (Wildman–Crippen MR) is 165 cm³/mol. The Labute approximate surface area is 247 Å². The van der Waals surface area contributed by atoms with Gasteiger partial charge >= 0.3 is 0 Å². The van der Waals surface area contributed by atoms with E-state index in [0.29, 0.717) is 16.8 Å². The van der Waals surface area contributed by atoms with Gasteiger partial charge in [0, 0.05) is 29.4 Å². The second-order valence-corrected chi connectivity index (χ2v) is 12.4. The topological polar surface area (TPSA) is 73.8 Å². The number of alkyl halides is 2. The highest BCUT2D eigenvalue weighted by atomic mass is 79.9. The Morgan fingerprint density at radius 3 is 1.70 bits per heavy atom. The average molecular weight is 654 g/mol. The van der Waals surface area contributed by atoms with Crippen molar-refractivity contribution in [1.29, 1.82) is 0 Å². The lowest BCUT2D eigenvalue weighted by molar-refractivity contribution is -0.385. The summed E-state index contributed by atoms with van der Waals surface area (Å²) in [7, 11) is 0. The molecule has 8 heteroatoms. The summed E-state index contributed by atoms with van der Waals surface area (Å²) in [6.45, 7) is 0. The Balaban J connectivity index is 1.84. The van der Waals surface area contributed by atoms with Crippen molar-refractivity contribution in [2.45, 2.75) is 9.28 Å². The molecule has 0 radical (unpaired) electrons. The van der Waals surface area contributed by atoms with Gasteiger partial charge in [0.15, 0.2) is 0 Å². The molecular formula is C32H22Br2N4O2. The Bertz CT molecular complexity index is 1700. The molecule has 0 unspecified atom stereocenters. The summed E-state index contributed by atoms with van der Waals surface area (Å²) in [6, 6.07) is 37.8. The highest BCUT2D eigenvalue weighted by Crippen LogP contribution is 2.46. The number of rotatable bonds is 7. The van der Waals surface area contributed by atoms with Gasteiger partial charge in [0.05, 0.1) is 16.0 Å². The zero-order valence-electron chi connectivity index (χ0n) is 21.1. The monoisotopic (exact) mass is 652 g/mol. The normalized spacial score (nSPS) is 11.7. The maximum atomic E-state index is 12.3. The van der Waals surface area contributed by atoms with Gasteiger partial charge in [0.2, 0.25) is 0 Å². The van der Waals surface area contributed by atoms with E-state index in [1.54, 1.807) is 18.5 Å². The van der Waals surface area contributed by atoms with Crippen molar-refractivity contribution in [2.75, 3.05) is 0 Å². The van der Waals surface area contributed by atoms with Crippen molar-refractivity contribution in [3.8, 4) is 11.3 Å². The van der Waals surface area contributed by atoms with Crippen LogP contribution < -0.4 is 0 Å². The second-order valence-electron chi connectivity index (χ2n) is 9.29. The van der Waals surface area contributed by atoms with E-state index in [1.165, 1.54) is 0 Å². The van der Waals surface area contributed by atoms with Gasteiger partial charge < -0.3 is 0 Å². The second kappa shape index (κ2) is 10.8. The molecule has 4 aromatic carbocycles. The standard InChI is InChI=1S/C32H22Br2N4O2/c33-31(34)27-20-26-28(21-29(27)38(39)40)37(36-30(26)22-16-18-35-19-17-22)32(23-10-4-1-5-11-23,24-12-6-2-7-13-24)25-14-8-3-9-15-25/h1-21,31H. The van der Waals surface area contributed by atoms with Crippen LogP contribution in [-0.4, -0.2) is 19.7 Å². The molecular weight excluding hydrogens is 632 g/mol. The molecule has 40 heavy (non-hydrogen) atoms. The number of benzene rings is 4. The summed E-state index contributed by atoms with van der Waals surface area (Å²) in [4.78, 5) is 16.2. The SMILES string of the molecule is O=[N+]([O-])c1cc2c(cc1C(Br)Br)c(-c1ccncc1)nn2C(c1ccccc1)(c1ccccc1)c1ccccc1. The predicted octanol–water partition coefficient (Wildman–Crippen LogP) is 8.64. The third-order valence-corrected chi connectivity index (χ3v) is 8.09. The molecule has 0 spiro atoms. The van der Waals surface area contributed by atoms with Crippen molar-refractivity contribution in [2.24, 2.45) is 0 Å². The molecule has 2 aromatic heterocycles. The molecule has 0 atom stereocenters. The first-order chi connectivity index (χ1) is 19.5. The molecule has 0 aliphatic rings. The van der Waals surface area contributed by atoms with Crippen molar-refractivity contribution in [1.82, 2.24) is 14.8 Å². The maximum absolute atomic E-state index is 12.3. The van der Waals surface area contributed by atoms with E-state index in [-0.39, 0.29) is 10.6 Å². The lowest BCUT2D eigenvalue weighted by Crippen LogP contribution is -2.38. The van der Waals surface area contributed by atoms with Crippen LogP contribution in [0.25, 0.3) is 22.2 Å². The fourth-order valence-electron chi connectivity index (χ4n) is 5.38. The maximum Gasteiger partial charge on any atom is 0.276 e. The quantitative estimate of drug-likeness (QED) is 0.0748. The zero-order chi connectivity index (χ0) is 27.7. The number of halogens is 2. The van der Waals surface area contributed by atoms with Gasteiger partial charge in [-0.25, -0.2) is 4.68 Å². The first-order valence-corrected chi connectivity index (χ1v) is 14.4. The highest BCUT2D eigenvalue weighted by molar-refractivity contribution is 9.24. The molecule has 2 heterocycles. The summed E-state index contributed by atoms with van der Waals surface area (Å²) < 4.78 is 1.53. The van der Waals surface area contributed by atoms with E-state index in [2.05, 4.69) is 73.2 Å². The number of hydrogen-bond acceptors (Lipinski definition) is 4. The molecule has 6 rings (SSSR count). The van der Waals surface area contributed by atoms with Gasteiger partial charge in [-0.3, -0.25) is 15.1 Å². The minimum atomic E-state index is -0.940. The fourth-order valence-corrected chi connectivity index (χ4v) is 6.12. The van der Waals surface area contributed by atoms with Crippen LogP contribution in [0.1, 0.15) is 26.0 Å².